The molecule has 2 aromatic carbocycles. The minimum absolute atomic E-state index is 0.283. The molecule has 0 radical (unpaired) electrons. The average molecular weight is 566 g/mol. The highest BCUT2D eigenvalue weighted by molar-refractivity contribution is 6.33. The van der Waals surface area contributed by atoms with Crippen molar-refractivity contribution in [2.75, 3.05) is 37.2 Å². The van der Waals surface area contributed by atoms with Crippen LogP contribution in [-0.4, -0.2) is 54.6 Å². The van der Waals surface area contributed by atoms with E-state index in [-0.39, 0.29) is 23.7 Å². The molecular formula is C27H34ClF2N5O4. The van der Waals surface area contributed by atoms with Gasteiger partial charge in [-0.05, 0) is 76.4 Å². The number of hydrogen-bond acceptors (Lipinski definition) is 6. The number of rotatable bonds is 8. The monoisotopic (exact) mass is 565 g/mol. The number of carbonyl (C=O) groups is 3. The number of amides is 3. The standard InChI is InChI=1S/C27H34ClF2N5O4/c1-27(2,3)39-26(38)34-23-12-21(30)20(29)11-18(23)25(37)33-14-24(36)32-13-16-6-8-35(9-7-16)15-17-4-5-19(28)22(31)10-17/h4-5,10-12,16H,6-9,13-15,31H2,1-3H3,(H,32,36)(H,33,37)(H,34,38). The van der Waals surface area contributed by atoms with Gasteiger partial charge in [-0.15, -0.1) is 0 Å². The van der Waals surface area contributed by atoms with Gasteiger partial charge in [-0.3, -0.25) is 19.8 Å². The predicted molar refractivity (Wildman–Crippen MR) is 145 cm³/mol. The fourth-order valence-electron chi connectivity index (χ4n) is 4.13. The molecule has 5 N–H and O–H groups in total. The summed E-state index contributed by atoms with van der Waals surface area (Å²) in [5.74, 6) is -3.52. The van der Waals surface area contributed by atoms with Gasteiger partial charge in [0.05, 0.1) is 28.5 Å². The maximum atomic E-state index is 13.8. The van der Waals surface area contributed by atoms with E-state index in [9.17, 15) is 23.2 Å². The van der Waals surface area contributed by atoms with E-state index in [1.807, 2.05) is 12.1 Å². The number of piperidine rings is 1. The van der Waals surface area contributed by atoms with E-state index >= 15 is 0 Å². The Morgan fingerprint density at radius 3 is 2.38 bits per heavy atom. The Bertz CT molecular complexity index is 1210. The minimum Gasteiger partial charge on any atom is -0.444 e. The van der Waals surface area contributed by atoms with Gasteiger partial charge in [0.15, 0.2) is 11.6 Å². The molecule has 2 aromatic rings. The molecule has 3 amide bonds. The number of benzene rings is 2. The second-order valence-corrected chi connectivity index (χ2v) is 10.9. The normalized spacial score (nSPS) is 14.5. The third-order valence-corrected chi connectivity index (χ3v) is 6.46. The zero-order valence-electron chi connectivity index (χ0n) is 22.2. The maximum absolute atomic E-state index is 13.8. The Hall–Kier alpha value is -3.44. The van der Waals surface area contributed by atoms with Crippen LogP contribution in [0, 0.1) is 17.6 Å². The fraction of sp³-hybridized carbons (Fsp3) is 0.444. The van der Waals surface area contributed by atoms with E-state index in [0.717, 1.165) is 38.0 Å². The number of hydrogen-bond donors (Lipinski definition) is 4. The number of likely N-dealkylation sites (tertiary alicyclic amines) is 1. The molecule has 3 rings (SSSR count). The Kier molecular flexibility index (Phi) is 10.1. The molecule has 0 atom stereocenters. The second-order valence-electron chi connectivity index (χ2n) is 10.5. The van der Waals surface area contributed by atoms with Crippen LogP contribution in [-0.2, 0) is 16.1 Å². The molecule has 1 saturated heterocycles. The lowest BCUT2D eigenvalue weighted by molar-refractivity contribution is -0.120. The van der Waals surface area contributed by atoms with Gasteiger partial charge < -0.3 is 21.1 Å². The molecule has 9 nitrogen and oxygen atoms in total. The Labute approximate surface area is 231 Å². The van der Waals surface area contributed by atoms with Crippen LogP contribution in [0.5, 0.6) is 0 Å². The Morgan fingerprint density at radius 1 is 1.08 bits per heavy atom. The van der Waals surface area contributed by atoms with Crippen LogP contribution in [0.1, 0.15) is 49.5 Å². The van der Waals surface area contributed by atoms with E-state index in [1.54, 1.807) is 26.8 Å². The maximum Gasteiger partial charge on any atom is 0.412 e. The number of nitrogens with two attached hydrogens (primary N) is 1. The summed E-state index contributed by atoms with van der Waals surface area (Å²) in [4.78, 5) is 39.4. The van der Waals surface area contributed by atoms with E-state index in [4.69, 9.17) is 22.1 Å². The molecule has 0 aliphatic carbocycles. The Balaban J connectivity index is 1.45. The summed E-state index contributed by atoms with van der Waals surface area (Å²) in [6.07, 6.45) is 0.845. The second kappa shape index (κ2) is 13.1. The molecule has 12 heteroatoms. The quantitative estimate of drug-likeness (QED) is 0.354. The van der Waals surface area contributed by atoms with Gasteiger partial charge in [0.1, 0.15) is 5.60 Å². The van der Waals surface area contributed by atoms with Gasteiger partial charge in [0, 0.05) is 19.2 Å². The summed E-state index contributed by atoms with van der Waals surface area (Å²) < 4.78 is 32.7. The molecule has 39 heavy (non-hydrogen) atoms. The smallest absolute Gasteiger partial charge is 0.412 e. The number of nitrogens with one attached hydrogen (secondary N) is 3. The predicted octanol–water partition coefficient (Wildman–Crippen LogP) is 4.31. The number of nitrogens with zero attached hydrogens (tertiary/aromatic N) is 1. The zero-order chi connectivity index (χ0) is 28.7. The first kappa shape index (κ1) is 30.1. The molecular weight excluding hydrogens is 532 g/mol. The molecule has 0 spiro atoms. The fourth-order valence-corrected chi connectivity index (χ4v) is 4.24. The van der Waals surface area contributed by atoms with Crippen molar-refractivity contribution in [3.8, 4) is 0 Å². The van der Waals surface area contributed by atoms with E-state index in [1.165, 1.54) is 0 Å². The zero-order valence-corrected chi connectivity index (χ0v) is 23.0. The van der Waals surface area contributed by atoms with Crippen molar-refractivity contribution in [2.45, 2.75) is 45.8 Å². The van der Waals surface area contributed by atoms with Crippen molar-refractivity contribution >= 4 is 40.9 Å². The molecule has 1 heterocycles. The van der Waals surface area contributed by atoms with Crippen molar-refractivity contribution < 1.29 is 27.9 Å². The molecule has 1 aliphatic rings. The molecule has 0 bridgehead atoms. The summed E-state index contributed by atoms with van der Waals surface area (Å²) in [5, 5.41) is 7.97. The lowest BCUT2D eigenvalue weighted by Gasteiger charge is -2.32. The van der Waals surface area contributed by atoms with Gasteiger partial charge in [-0.1, -0.05) is 17.7 Å². The van der Waals surface area contributed by atoms with Gasteiger partial charge in [0.2, 0.25) is 5.91 Å². The molecule has 1 aliphatic heterocycles. The summed E-state index contributed by atoms with van der Waals surface area (Å²) in [6.45, 7) is 7.46. The van der Waals surface area contributed by atoms with Gasteiger partial charge >= 0.3 is 6.09 Å². The highest BCUT2D eigenvalue weighted by Gasteiger charge is 2.23. The van der Waals surface area contributed by atoms with Gasteiger partial charge in [-0.25, -0.2) is 13.6 Å². The van der Waals surface area contributed by atoms with Crippen LogP contribution in [0.4, 0.5) is 25.0 Å². The topological polar surface area (TPSA) is 126 Å². The first-order chi connectivity index (χ1) is 18.3. The van der Waals surface area contributed by atoms with Crippen molar-refractivity contribution in [3.63, 3.8) is 0 Å². The van der Waals surface area contributed by atoms with Crippen LogP contribution >= 0.6 is 11.6 Å². The van der Waals surface area contributed by atoms with Crippen LogP contribution in [0.25, 0.3) is 0 Å². The number of nitrogen functional groups attached to an aromatic ring is 1. The number of anilines is 2. The third kappa shape index (κ3) is 9.36. The van der Waals surface area contributed by atoms with Crippen molar-refractivity contribution in [1.82, 2.24) is 15.5 Å². The molecule has 0 saturated carbocycles. The molecule has 0 unspecified atom stereocenters. The average Bonchev–Trinajstić information content (AvgIpc) is 2.85. The van der Waals surface area contributed by atoms with Crippen LogP contribution in [0.15, 0.2) is 30.3 Å². The summed E-state index contributed by atoms with van der Waals surface area (Å²) >= 11 is 5.98. The summed E-state index contributed by atoms with van der Waals surface area (Å²) in [5.41, 5.74) is 6.05. The summed E-state index contributed by atoms with van der Waals surface area (Å²) in [7, 11) is 0. The SMILES string of the molecule is CC(C)(C)OC(=O)Nc1cc(F)c(F)cc1C(=O)NCC(=O)NCC1CCN(Cc2ccc(Cl)c(N)c2)CC1. The molecule has 0 aromatic heterocycles. The van der Waals surface area contributed by atoms with Crippen LogP contribution in [0.3, 0.4) is 0 Å². The first-order valence-corrected chi connectivity index (χ1v) is 13.0. The van der Waals surface area contributed by atoms with E-state index < -0.39 is 35.1 Å². The van der Waals surface area contributed by atoms with Crippen LogP contribution < -0.4 is 21.7 Å². The van der Waals surface area contributed by atoms with E-state index in [0.29, 0.717) is 29.4 Å². The lowest BCUT2D eigenvalue weighted by atomic mass is 9.96. The number of ether oxygens (including phenoxy) is 1. The van der Waals surface area contributed by atoms with Crippen molar-refractivity contribution in [3.05, 3.63) is 58.1 Å². The van der Waals surface area contributed by atoms with Crippen molar-refractivity contribution in [2.24, 2.45) is 5.92 Å². The first-order valence-electron chi connectivity index (χ1n) is 12.6. The van der Waals surface area contributed by atoms with Gasteiger partial charge in [0.25, 0.3) is 5.91 Å². The molecule has 1 fully saturated rings. The highest BCUT2D eigenvalue weighted by atomic mass is 35.5. The molecule has 212 valence electrons. The minimum atomic E-state index is -1.27. The van der Waals surface area contributed by atoms with Crippen molar-refractivity contribution in [1.29, 1.82) is 0 Å². The largest absolute Gasteiger partial charge is 0.444 e. The summed E-state index contributed by atoms with van der Waals surface area (Å²) in [6, 6.07) is 6.96. The van der Waals surface area contributed by atoms with E-state index in [2.05, 4.69) is 20.9 Å². The third-order valence-electron chi connectivity index (χ3n) is 6.11. The number of carbonyl (C=O) groups excluding carboxylic acids is 3. The highest BCUT2D eigenvalue weighted by Crippen LogP contribution is 2.23. The van der Waals surface area contributed by atoms with Gasteiger partial charge in [-0.2, -0.15) is 0 Å². The number of halogens is 3. The Morgan fingerprint density at radius 2 is 1.74 bits per heavy atom. The van der Waals surface area contributed by atoms with Crippen LogP contribution in [0.2, 0.25) is 5.02 Å². The lowest BCUT2D eigenvalue weighted by Crippen LogP contribution is -2.41.